The number of hydrogen-bond donors (Lipinski definition) is 1. The van der Waals surface area contributed by atoms with Crippen molar-refractivity contribution in [2.45, 2.75) is 20.0 Å². The van der Waals surface area contributed by atoms with E-state index in [1.807, 2.05) is 31.2 Å². The van der Waals surface area contributed by atoms with Gasteiger partial charge in [-0.2, -0.15) is 0 Å². The Kier molecular flexibility index (Phi) is 5.24. The van der Waals surface area contributed by atoms with Gasteiger partial charge in [-0.05, 0) is 49.7 Å². The molecule has 106 valence electrons. The molecule has 1 aromatic heterocycles. The molecule has 0 unspecified atom stereocenters. The summed E-state index contributed by atoms with van der Waals surface area (Å²) in [6.45, 7) is 2.81. The summed E-state index contributed by atoms with van der Waals surface area (Å²) in [6, 6.07) is 9.31. The smallest absolute Gasteiger partial charge is 0.141 e. The lowest BCUT2D eigenvalue weighted by Gasteiger charge is -2.13. The minimum absolute atomic E-state index is 0.362. The normalized spacial score (nSPS) is 10.6. The van der Waals surface area contributed by atoms with Crippen LogP contribution in [0.2, 0.25) is 10.0 Å². The standard InChI is InChI=1S/C15H16Cl2N2O/c1-10-3-2-4-13(19-10)9-20-15-11(5-6-18)7-12(16)8-14(15)17/h2-4,7-8H,5-6,9,18H2,1H3. The van der Waals surface area contributed by atoms with E-state index in [2.05, 4.69) is 4.98 Å². The number of ether oxygens (including phenoxy) is 1. The third kappa shape index (κ3) is 3.85. The number of nitrogens with two attached hydrogens (primary N) is 1. The second-order valence-electron chi connectivity index (χ2n) is 4.47. The van der Waals surface area contributed by atoms with Crippen LogP contribution in [0.25, 0.3) is 0 Å². The van der Waals surface area contributed by atoms with Crippen molar-refractivity contribution in [3.05, 3.63) is 57.3 Å². The Labute approximate surface area is 128 Å². The SMILES string of the molecule is Cc1cccc(COc2c(Cl)cc(Cl)cc2CCN)n1. The number of aromatic nitrogens is 1. The highest BCUT2D eigenvalue weighted by Gasteiger charge is 2.11. The Balaban J connectivity index is 2.20. The van der Waals surface area contributed by atoms with Gasteiger partial charge in [-0.3, -0.25) is 4.98 Å². The molecule has 2 rings (SSSR count). The van der Waals surface area contributed by atoms with Gasteiger partial charge in [-0.15, -0.1) is 0 Å². The van der Waals surface area contributed by atoms with E-state index in [1.165, 1.54) is 0 Å². The van der Waals surface area contributed by atoms with E-state index in [9.17, 15) is 0 Å². The Bertz CT molecular complexity index is 602. The quantitative estimate of drug-likeness (QED) is 0.914. The van der Waals surface area contributed by atoms with Crippen molar-refractivity contribution in [1.82, 2.24) is 4.98 Å². The number of aryl methyl sites for hydroxylation is 1. The monoisotopic (exact) mass is 310 g/mol. The summed E-state index contributed by atoms with van der Waals surface area (Å²) in [6.07, 6.45) is 0.664. The highest BCUT2D eigenvalue weighted by atomic mass is 35.5. The second kappa shape index (κ2) is 6.93. The van der Waals surface area contributed by atoms with Gasteiger partial charge >= 0.3 is 0 Å². The van der Waals surface area contributed by atoms with Gasteiger partial charge in [0.15, 0.2) is 0 Å². The summed E-state index contributed by atoms with van der Waals surface area (Å²) in [7, 11) is 0. The van der Waals surface area contributed by atoms with Gasteiger partial charge in [0.25, 0.3) is 0 Å². The van der Waals surface area contributed by atoms with E-state index < -0.39 is 0 Å². The zero-order valence-corrected chi connectivity index (χ0v) is 12.7. The third-order valence-corrected chi connectivity index (χ3v) is 3.31. The molecule has 0 saturated heterocycles. The molecular formula is C15H16Cl2N2O. The van der Waals surface area contributed by atoms with Crippen molar-refractivity contribution in [2.24, 2.45) is 5.73 Å². The van der Waals surface area contributed by atoms with Gasteiger partial charge in [0.1, 0.15) is 12.4 Å². The molecule has 0 bridgehead atoms. The van der Waals surface area contributed by atoms with Crippen LogP contribution in [0.5, 0.6) is 5.75 Å². The molecule has 2 N–H and O–H groups in total. The number of halogens is 2. The van der Waals surface area contributed by atoms with Crippen LogP contribution in [0.15, 0.2) is 30.3 Å². The van der Waals surface area contributed by atoms with Crippen LogP contribution in [0.3, 0.4) is 0 Å². The maximum absolute atomic E-state index is 6.20. The average Bonchev–Trinajstić information content (AvgIpc) is 2.38. The first-order valence-corrected chi connectivity index (χ1v) is 7.09. The fourth-order valence-electron chi connectivity index (χ4n) is 1.94. The maximum atomic E-state index is 6.20. The average molecular weight is 311 g/mol. The molecule has 0 atom stereocenters. The molecule has 1 aromatic carbocycles. The van der Waals surface area contributed by atoms with Crippen molar-refractivity contribution in [2.75, 3.05) is 6.54 Å². The molecular weight excluding hydrogens is 295 g/mol. The largest absolute Gasteiger partial charge is 0.485 e. The van der Waals surface area contributed by atoms with Crippen molar-refractivity contribution in [3.8, 4) is 5.75 Å². The summed E-state index contributed by atoms with van der Waals surface area (Å²) >= 11 is 12.2. The highest BCUT2D eigenvalue weighted by Crippen LogP contribution is 2.33. The number of rotatable bonds is 5. The van der Waals surface area contributed by atoms with Gasteiger partial charge in [-0.1, -0.05) is 29.3 Å². The molecule has 1 heterocycles. The van der Waals surface area contributed by atoms with Gasteiger partial charge in [-0.25, -0.2) is 0 Å². The van der Waals surface area contributed by atoms with E-state index in [-0.39, 0.29) is 0 Å². The lowest BCUT2D eigenvalue weighted by atomic mass is 10.1. The van der Waals surface area contributed by atoms with Crippen LogP contribution >= 0.6 is 23.2 Å². The molecule has 2 aromatic rings. The van der Waals surface area contributed by atoms with Crippen LogP contribution in [-0.2, 0) is 13.0 Å². The molecule has 0 aliphatic heterocycles. The summed E-state index contributed by atoms with van der Waals surface area (Å²) in [5.41, 5.74) is 8.33. The second-order valence-corrected chi connectivity index (χ2v) is 5.32. The number of benzene rings is 1. The minimum atomic E-state index is 0.362. The molecule has 0 spiro atoms. The molecule has 0 radical (unpaired) electrons. The van der Waals surface area contributed by atoms with E-state index in [4.69, 9.17) is 33.7 Å². The maximum Gasteiger partial charge on any atom is 0.141 e. The number of nitrogens with zero attached hydrogens (tertiary/aromatic N) is 1. The van der Waals surface area contributed by atoms with Gasteiger partial charge in [0, 0.05) is 10.7 Å². The predicted molar refractivity (Wildman–Crippen MR) is 82.5 cm³/mol. The molecule has 5 heteroatoms. The van der Waals surface area contributed by atoms with Crippen molar-refractivity contribution < 1.29 is 4.74 Å². The lowest BCUT2D eigenvalue weighted by Crippen LogP contribution is -2.06. The predicted octanol–water partition coefficient (Wildman–Crippen LogP) is 3.78. The minimum Gasteiger partial charge on any atom is -0.485 e. The zero-order valence-electron chi connectivity index (χ0n) is 11.2. The molecule has 0 fully saturated rings. The number of hydrogen-bond acceptors (Lipinski definition) is 3. The molecule has 3 nitrogen and oxygen atoms in total. The Hall–Kier alpha value is -1.29. The summed E-state index contributed by atoms with van der Waals surface area (Å²) in [5, 5.41) is 1.08. The first-order chi connectivity index (χ1) is 9.60. The highest BCUT2D eigenvalue weighted by molar-refractivity contribution is 6.35. The third-order valence-electron chi connectivity index (χ3n) is 2.81. The first-order valence-electron chi connectivity index (χ1n) is 6.33. The fourth-order valence-corrected chi connectivity index (χ4v) is 2.53. The van der Waals surface area contributed by atoms with Crippen LogP contribution in [0.1, 0.15) is 17.0 Å². The molecule has 20 heavy (non-hydrogen) atoms. The molecule has 0 aliphatic carbocycles. The Morgan fingerprint density at radius 3 is 2.75 bits per heavy atom. The Morgan fingerprint density at radius 2 is 2.05 bits per heavy atom. The molecule has 0 aliphatic rings. The van der Waals surface area contributed by atoms with E-state index in [0.29, 0.717) is 35.4 Å². The van der Waals surface area contributed by atoms with Crippen LogP contribution < -0.4 is 10.5 Å². The Morgan fingerprint density at radius 1 is 1.25 bits per heavy atom. The van der Waals surface area contributed by atoms with Gasteiger partial charge < -0.3 is 10.5 Å². The lowest BCUT2D eigenvalue weighted by molar-refractivity contribution is 0.298. The van der Waals surface area contributed by atoms with Crippen molar-refractivity contribution in [3.63, 3.8) is 0 Å². The van der Waals surface area contributed by atoms with E-state index in [0.717, 1.165) is 17.0 Å². The first kappa shape index (κ1) is 15.1. The van der Waals surface area contributed by atoms with Crippen LogP contribution in [0.4, 0.5) is 0 Å². The molecule has 0 amide bonds. The topological polar surface area (TPSA) is 48.1 Å². The van der Waals surface area contributed by atoms with E-state index >= 15 is 0 Å². The van der Waals surface area contributed by atoms with Crippen molar-refractivity contribution >= 4 is 23.2 Å². The fraction of sp³-hybridized carbons (Fsp3) is 0.267. The van der Waals surface area contributed by atoms with Crippen molar-refractivity contribution in [1.29, 1.82) is 0 Å². The summed E-state index contributed by atoms with van der Waals surface area (Å²) in [4.78, 5) is 4.39. The molecule has 0 saturated carbocycles. The number of pyridine rings is 1. The zero-order chi connectivity index (χ0) is 14.5. The van der Waals surface area contributed by atoms with Crippen LogP contribution in [-0.4, -0.2) is 11.5 Å². The summed E-state index contributed by atoms with van der Waals surface area (Å²) < 4.78 is 5.81. The van der Waals surface area contributed by atoms with Crippen LogP contribution in [0, 0.1) is 6.92 Å². The van der Waals surface area contributed by atoms with E-state index in [1.54, 1.807) is 6.07 Å². The van der Waals surface area contributed by atoms with Gasteiger partial charge in [0.2, 0.25) is 0 Å². The summed E-state index contributed by atoms with van der Waals surface area (Å²) in [5.74, 6) is 0.629. The van der Waals surface area contributed by atoms with Gasteiger partial charge in [0.05, 0.1) is 10.7 Å².